The summed E-state index contributed by atoms with van der Waals surface area (Å²) in [5, 5.41) is 0. The van der Waals surface area contributed by atoms with Crippen molar-refractivity contribution in [2.75, 3.05) is 13.1 Å². The molecule has 1 rings (SSSR count). The van der Waals surface area contributed by atoms with Gasteiger partial charge in [0.1, 0.15) is 12.1 Å². The summed E-state index contributed by atoms with van der Waals surface area (Å²) in [4.78, 5) is 23.6. The van der Waals surface area contributed by atoms with E-state index in [-0.39, 0.29) is 0 Å². The van der Waals surface area contributed by atoms with Crippen molar-refractivity contribution in [2.45, 2.75) is 45.3 Å². The van der Waals surface area contributed by atoms with Crippen LogP contribution in [0.25, 0.3) is 0 Å². The maximum absolute atomic E-state index is 13.5. The Hall–Kier alpha value is -1.40. The standard InChI is InChI=1S/C11H17F2NO4/c1-7-11(12,13)6-14(5-8(15)17-7)9(16)18-10(2,3)4/h7H,5-6H2,1-4H3. The first-order chi connectivity index (χ1) is 8.01. The van der Waals surface area contributed by atoms with Crippen LogP contribution in [-0.2, 0) is 14.3 Å². The van der Waals surface area contributed by atoms with Gasteiger partial charge < -0.3 is 9.47 Å². The number of ether oxygens (including phenoxy) is 2. The third-order valence-electron chi connectivity index (χ3n) is 2.28. The summed E-state index contributed by atoms with van der Waals surface area (Å²) >= 11 is 0. The Morgan fingerprint density at radius 2 is 2.06 bits per heavy atom. The number of amides is 1. The van der Waals surface area contributed by atoms with Crippen LogP contribution in [0, 0.1) is 0 Å². The molecular formula is C11H17F2NO4. The average molecular weight is 265 g/mol. The molecule has 104 valence electrons. The van der Waals surface area contributed by atoms with Crippen LogP contribution in [-0.4, -0.2) is 47.7 Å². The lowest BCUT2D eigenvalue weighted by molar-refractivity contribution is -0.162. The predicted molar refractivity (Wildman–Crippen MR) is 58.3 cm³/mol. The Bertz CT molecular complexity index is 351. The first kappa shape index (κ1) is 14.7. The van der Waals surface area contributed by atoms with Gasteiger partial charge in [-0.2, -0.15) is 0 Å². The molecule has 1 heterocycles. The third kappa shape index (κ3) is 3.82. The lowest BCUT2D eigenvalue weighted by Gasteiger charge is -2.27. The van der Waals surface area contributed by atoms with Crippen LogP contribution in [0.2, 0.25) is 0 Å². The van der Waals surface area contributed by atoms with Crippen molar-refractivity contribution in [2.24, 2.45) is 0 Å². The molecule has 1 unspecified atom stereocenters. The van der Waals surface area contributed by atoms with Crippen LogP contribution >= 0.6 is 0 Å². The zero-order valence-corrected chi connectivity index (χ0v) is 10.8. The van der Waals surface area contributed by atoms with Crippen molar-refractivity contribution in [1.82, 2.24) is 4.90 Å². The molecule has 0 radical (unpaired) electrons. The van der Waals surface area contributed by atoms with Crippen molar-refractivity contribution in [3.63, 3.8) is 0 Å². The molecule has 0 saturated carbocycles. The van der Waals surface area contributed by atoms with Gasteiger partial charge in [0.05, 0.1) is 6.54 Å². The van der Waals surface area contributed by atoms with E-state index >= 15 is 0 Å². The highest BCUT2D eigenvalue weighted by atomic mass is 19.3. The largest absolute Gasteiger partial charge is 0.455 e. The molecule has 0 aromatic heterocycles. The topological polar surface area (TPSA) is 55.8 Å². The normalized spacial score (nSPS) is 24.2. The molecule has 0 bridgehead atoms. The van der Waals surface area contributed by atoms with E-state index in [1.807, 2.05) is 0 Å². The van der Waals surface area contributed by atoms with Gasteiger partial charge in [-0.3, -0.25) is 9.69 Å². The molecule has 0 aliphatic carbocycles. The van der Waals surface area contributed by atoms with Crippen LogP contribution < -0.4 is 0 Å². The van der Waals surface area contributed by atoms with Gasteiger partial charge in [0.25, 0.3) is 0 Å². The van der Waals surface area contributed by atoms with Crippen LogP contribution in [0.5, 0.6) is 0 Å². The monoisotopic (exact) mass is 265 g/mol. The number of hydrogen-bond acceptors (Lipinski definition) is 4. The number of halogens is 2. The zero-order valence-electron chi connectivity index (χ0n) is 10.8. The highest BCUT2D eigenvalue weighted by Gasteiger charge is 2.46. The summed E-state index contributed by atoms with van der Waals surface area (Å²) in [6, 6.07) is 0. The lowest BCUT2D eigenvalue weighted by atomic mass is 10.2. The highest BCUT2D eigenvalue weighted by Crippen LogP contribution is 2.26. The van der Waals surface area contributed by atoms with E-state index in [9.17, 15) is 18.4 Å². The molecule has 0 N–H and O–H groups in total. The smallest absolute Gasteiger partial charge is 0.411 e. The fraction of sp³-hybridized carbons (Fsp3) is 0.818. The van der Waals surface area contributed by atoms with E-state index in [0.717, 1.165) is 6.92 Å². The summed E-state index contributed by atoms with van der Waals surface area (Å²) in [5.41, 5.74) is -0.811. The summed E-state index contributed by atoms with van der Waals surface area (Å²) in [7, 11) is 0. The van der Waals surface area contributed by atoms with Gasteiger partial charge in [-0.1, -0.05) is 0 Å². The van der Waals surface area contributed by atoms with E-state index < -0.39 is 42.8 Å². The number of hydrogen-bond donors (Lipinski definition) is 0. The van der Waals surface area contributed by atoms with E-state index in [4.69, 9.17) is 4.74 Å². The van der Waals surface area contributed by atoms with Crippen LogP contribution in [0.15, 0.2) is 0 Å². The second kappa shape index (κ2) is 4.70. The van der Waals surface area contributed by atoms with E-state index in [1.54, 1.807) is 20.8 Å². The van der Waals surface area contributed by atoms with Gasteiger partial charge in [-0.05, 0) is 27.7 Å². The van der Waals surface area contributed by atoms with Crippen molar-refractivity contribution < 1.29 is 27.8 Å². The molecule has 0 aromatic rings. The first-order valence-corrected chi connectivity index (χ1v) is 5.56. The molecule has 5 nitrogen and oxygen atoms in total. The van der Waals surface area contributed by atoms with Gasteiger partial charge in [0.15, 0.2) is 6.10 Å². The Morgan fingerprint density at radius 1 is 1.50 bits per heavy atom. The number of rotatable bonds is 0. The second-order valence-corrected chi connectivity index (χ2v) is 5.23. The van der Waals surface area contributed by atoms with Gasteiger partial charge in [0, 0.05) is 0 Å². The maximum atomic E-state index is 13.5. The zero-order chi connectivity index (χ0) is 14.1. The number of nitrogens with zero attached hydrogens (tertiary/aromatic N) is 1. The molecular weight excluding hydrogens is 248 g/mol. The molecule has 0 aromatic carbocycles. The number of carbonyl (C=O) groups is 2. The number of carbonyl (C=O) groups excluding carboxylic acids is 2. The Morgan fingerprint density at radius 3 is 2.56 bits per heavy atom. The average Bonchev–Trinajstić information content (AvgIpc) is 2.21. The molecule has 1 aliphatic heterocycles. The summed E-state index contributed by atoms with van der Waals surface area (Å²) in [6.45, 7) is 4.51. The summed E-state index contributed by atoms with van der Waals surface area (Å²) in [5.74, 6) is -4.16. The molecule has 7 heteroatoms. The predicted octanol–water partition coefficient (Wildman–Crippen LogP) is 1.80. The quantitative estimate of drug-likeness (QED) is 0.627. The van der Waals surface area contributed by atoms with Crippen LogP contribution in [0.4, 0.5) is 13.6 Å². The number of cyclic esters (lactones) is 1. The van der Waals surface area contributed by atoms with Crippen LogP contribution in [0.3, 0.4) is 0 Å². The van der Waals surface area contributed by atoms with Crippen molar-refractivity contribution >= 4 is 12.1 Å². The molecule has 1 aliphatic rings. The Balaban J connectivity index is 2.82. The van der Waals surface area contributed by atoms with Crippen molar-refractivity contribution in [1.29, 1.82) is 0 Å². The van der Waals surface area contributed by atoms with Gasteiger partial charge >= 0.3 is 18.0 Å². The molecule has 1 saturated heterocycles. The van der Waals surface area contributed by atoms with Crippen molar-refractivity contribution in [3.8, 4) is 0 Å². The first-order valence-electron chi connectivity index (χ1n) is 5.56. The maximum Gasteiger partial charge on any atom is 0.411 e. The SMILES string of the molecule is CC1OC(=O)CN(C(=O)OC(C)(C)C)CC1(F)F. The van der Waals surface area contributed by atoms with Gasteiger partial charge in [-0.25, -0.2) is 13.6 Å². The third-order valence-corrected chi connectivity index (χ3v) is 2.28. The fourth-order valence-corrected chi connectivity index (χ4v) is 1.37. The summed E-state index contributed by atoms with van der Waals surface area (Å²) in [6.07, 6.45) is -2.51. The molecule has 0 spiro atoms. The van der Waals surface area contributed by atoms with Gasteiger partial charge in [0.2, 0.25) is 0 Å². The Labute approximate surface area is 104 Å². The van der Waals surface area contributed by atoms with Crippen LogP contribution in [0.1, 0.15) is 27.7 Å². The number of esters is 1. The minimum atomic E-state index is -3.29. The minimum Gasteiger partial charge on any atom is -0.455 e. The van der Waals surface area contributed by atoms with Crippen molar-refractivity contribution in [3.05, 3.63) is 0 Å². The van der Waals surface area contributed by atoms with E-state index in [0.29, 0.717) is 4.90 Å². The highest BCUT2D eigenvalue weighted by molar-refractivity contribution is 5.79. The second-order valence-electron chi connectivity index (χ2n) is 5.23. The molecule has 18 heavy (non-hydrogen) atoms. The lowest BCUT2D eigenvalue weighted by Crippen LogP contribution is -2.45. The van der Waals surface area contributed by atoms with E-state index in [1.165, 1.54) is 0 Å². The molecule has 1 fully saturated rings. The molecule has 1 amide bonds. The fourth-order valence-electron chi connectivity index (χ4n) is 1.37. The van der Waals surface area contributed by atoms with Gasteiger partial charge in [-0.15, -0.1) is 0 Å². The number of alkyl halides is 2. The molecule has 1 atom stereocenters. The van der Waals surface area contributed by atoms with E-state index in [2.05, 4.69) is 4.74 Å². The summed E-state index contributed by atoms with van der Waals surface area (Å²) < 4.78 is 36.5. The minimum absolute atomic E-state index is 0.533. The Kier molecular flexibility index (Phi) is 3.83.